The quantitative estimate of drug-likeness (QED) is 0.911. The summed E-state index contributed by atoms with van der Waals surface area (Å²) in [5.41, 5.74) is 2.46. The van der Waals surface area contributed by atoms with E-state index in [1.807, 2.05) is 31.2 Å². The van der Waals surface area contributed by atoms with Crippen molar-refractivity contribution in [2.24, 2.45) is 0 Å². The smallest absolute Gasteiger partial charge is 0.255 e. The molecule has 0 saturated heterocycles. The average molecular weight is 320 g/mol. The van der Waals surface area contributed by atoms with E-state index in [0.717, 1.165) is 15.6 Å². The van der Waals surface area contributed by atoms with Crippen molar-refractivity contribution >= 4 is 21.8 Å². The van der Waals surface area contributed by atoms with E-state index < -0.39 is 0 Å². The zero-order valence-electron chi connectivity index (χ0n) is 10.5. The predicted molar refractivity (Wildman–Crippen MR) is 78.2 cm³/mol. The minimum atomic E-state index is -0.284. The largest absolute Gasteiger partial charge is 0.507 e. The first-order valence-electron chi connectivity index (χ1n) is 5.89. The van der Waals surface area contributed by atoms with Gasteiger partial charge in [-0.15, -0.1) is 0 Å². The summed E-state index contributed by atoms with van der Waals surface area (Å²) in [7, 11) is 0. The summed E-state index contributed by atoms with van der Waals surface area (Å²) in [5, 5.41) is 12.5. The average Bonchev–Trinajstić information content (AvgIpc) is 2.37. The van der Waals surface area contributed by atoms with Crippen molar-refractivity contribution in [3.8, 4) is 5.75 Å². The predicted octanol–water partition coefficient (Wildman–Crippen LogP) is 3.39. The number of aryl methyl sites for hydroxylation is 1. The van der Waals surface area contributed by atoms with E-state index in [2.05, 4.69) is 21.2 Å². The van der Waals surface area contributed by atoms with Crippen LogP contribution in [0.25, 0.3) is 0 Å². The molecular weight excluding hydrogens is 306 g/mol. The molecule has 98 valence electrons. The van der Waals surface area contributed by atoms with Crippen LogP contribution in [0.15, 0.2) is 46.9 Å². The molecule has 0 aliphatic rings. The van der Waals surface area contributed by atoms with Gasteiger partial charge in [0.2, 0.25) is 0 Å². The van der Waals surface area contributed by atoms with E-state index in [9.17, 15) is 9.90 Å². The molecule has 3 nitrogen and oxygen atoms in total. The van der Waals surface area contributed by atoms with Crippen LogP contribution in [0.4, 0.5) is 0 Å². The first-order valence-corrected chi connectivity index (χ1v) is 6.68. The number of phenols is 1. The van der Waals surface area contributed by atoms with Crippen molar-refractivity contribution in [2.45, 2.75) is 13.5 Å². The van der Waals surface area contributed by atoms with Crippen LogP contribution in [0.3, 0.4) is 0 Å². The summed E-state index contributed by atoms with van der Waals surface area (Å²) in [4.78, 5) is 12.0. The molecular formula is C15H14BrNO2. The van der Waals surface area contributed by atoms with Crippen molar-refractivity contribution in [1.29, 1.82) is 0 Å². The highest BCUT2D eigenvalue weighted by Gasteiger charge is 2.11. The number of rotatable bonds is 3. The highest BCUT2D eigenvalue weighted by Crippen LogP contribution is 2.22. The van der Waals surface area contributed by atoms with Crippen LogP contribution in [0.5, 0.6) is 5.75 Å². The van der Waals surface area contributed by atoms with Crippen LogP contribution in [-0.2, 0) is 6.54 Å². The molecule has 1 amide bonds. The molecule has 2 rings (SSSR count). The van der Waals surface area contributed by atoms with Gasteiger partial charge in [0.25, 0.3) is 5.91 Å². The molecule has 0 bridgehead atoms. The molecule has 2 aromatic carbocycles. The number of hydrogen-bond donors (Lipinski definition) is 2. The molecule has 0 aliphatic heterocycles. The Morgan fingerprint density at radius 3 is 2.68 bits per heavy atom. The van der Waals surface area contributed by atoms with Crippen LogP contribution >= 0.6 is 15.9 Å². The molecule has 2 aromatic rings. The maximum absolute atomic E-state index is 12.0. The van der Waals surface area contributed by atoms with Gasteiger partial charge in [0, 0.05) is 11.0 Å². The fraction of sp³-hybridized carbons (Fsp3) is 0.133. The standard InChI is InChI=1S/C15H14BrNO2/c1-10-4-2-3-5-11(10)9-17-15(19)13-7-6-12(16)8-14(13)18/h2-8,18H,9H2,1H3,(H,17,19). The lowest BCUT2D eigenvalue weighted by atomic mass is 10.1. The van der Waals surface area contributed by atoms with Gasteiger partial charge in [0.15, 0.2) is 0 Å². The summed E-state index contributed by atoms with van der Waals surface area (Å²) < 4.78 is 0.737. The maximum atomic E-state index is 12.0. The van der Waals surface area contributed by atoms with Crippen LogP contribution < -0.4 is 5.32 Å². The van der Waals surface area contributed by atoms with Gasteiger partial charge in [0.05, 0.1) is 5.56 Å². The van der Waals surface area contributed by atoms with E-state index in [1.54, 1.807) is 12.1 Å². The summed E-state index contributed by atoms with van der Waals surface area (Å²) in [6.45, 7) is 2.44. The summed E-state index contributed by atoms with van der Waals surface area (Å²) in [5.74, 6) is -0.315. The van der Waals surface area contributed by atoms with Gasteiger partial charge in [-0.2, -0.15) is 0 Å². The number of phenolic OH excluding ortho intramolecular Hbond substituents is 1. The van der Waals surface area contributed by atoms with E-state index >= 15 is 0 Å². The molecule has 0 unspecified atom stereocenters. The highest BCUT2D eigenvalue weighted by atomic mass is 79.9. The lowest BCUT2D eigenvalue weighted by Crippen LogP contribution is -2.23. The molecule has 2 N–H and O–H groups in total. The Kier molecular flexibility index (Phi) is 4.22. The number of benzene rings is 2. The Hall–Kier alpha value is -1.81. The third kappa shape index (κ3) is 3.35. The summed E-state index contributed by atoms with van der Waals surface area (Å²) in [6, 6.07) is 12.7. The minimum absolute atomic E-state index is 0.0309. The van der Waals surface area contributed by atoms with E-state index in [0.29, 0.717) is 6.54 Å². The minimum Gasteiger partial charge on any atom is -0.507 e. The SMILES string of the molecule is Cc1ccccc1CNC(=O)c1ccc(Br)cc1O. The third-order valence-corrected chi connectivity index (χ3v) is 3.40. The van der Waals surface area contributed by atoms with Crippen molar-refractivity contribution < 1.29 is 9.90 Å². The first kappa shape index (κ1) is 13.6. The number of carbonyl (C=O) groups is 1. The van der Waals surface area contributed by atoms with Gasteiger partial charge < -0.3 is 10.4 Å². The molecule has 0 heterocycles. The van der Waals surface area contributed by atoms with Crippen molar-refractivity contribution in [3.63, 3.8) is 0 Å². The Morgan fingerprint density at radius 2 is 2.00 bits per heavy atom. The lowest BCUT2D eigenvalue weighted by Gasteiger charge is -2.09. The highest BCUT2D eigenvalue weighted by molar-refractivity contribution is 9.10. The Bertz CT molecular complexity index is 611. The maximum Gasteiger partial charge on any atom is 0.255 e. The second-order valence-electron chi connectivity index (χ2n) is 4.27. The molecule has 19 heavy (non-hydrogen) atoms. The monoisotopic (exact) mass is 319 g/mol. The summed E-state index contributed by atoms with van der Waals surface area (Å²) in [6.07, 6.45) is 0. The molecule has 0 fully saturated rings. The fourth-order valence-electron chi connectivity index (χ4n) is 1.78. The molecule has 0 saturated carbocycles. The zero-order valence-corrected chi connectivity index (χ0v) is 12.1. The van der Waals surface area contributed by atoms with Gasteiger partial charge in [-0.3, -0.25) is 4.79 Å². The molecule has 0 aromatic heterocycles. The second kappa shape index (κ2) is 5.89. The van der Waals surface area contributed by atoms with Gasteiger partial charge in [-0.1, -0.05) is 40.2 Å². The molecule has 4 heteroatoms. The van der Waals surface area contributed by atoms with Gasteiger partial charge in [-0.05, 0) is 36.2 Å². The Morgan fingerprint density at radius 1 is 1.26 bits per heavy atom. The van der Waals surface area contributed by atoms with E-state index in [4.69, 9.17) is 0 Å². The summed E-state index contributed by atoms with van der Waals surface area (Å²) >= 11 is 3.24. The molecule has 0 atom stereocenters. The van der Waals surface area contributed by atoms with Gasteiger partial charge in [0.1, 0.15) is 5.75 Å². The topological polar surface area (TPSA) is 49.3 Å². The number of amides is 1. The van der Waals surface area contributed by atoms with Gasteiger partial charge in [-0.25, -0.2) is 0 Å². The molecule has 0 aliphatic carbocycles. The van der Waals surface area contributed by atoms with Crippen molar-refractivity contribution in [1.82, 2.24) is 5.32 Å². The van der Waals surface area contributed by atoms with Crippen LogP contribution in [-0.4, -0.2) is 11.0 Å². The zero-order chi connectivity index (χ0) is 13.8. The van der Waals surface area contributed by atoms with Gasteiger partial charge >= 0.3 is 0 Å². The number of nitrogens with one attached hydrogen (secondary N) is 1. The molecule has 0 spiro atoms. The van der Waals surface area contributed by atoms with E-state index in [1.165, 1.54) is 6.07 Å². The van der Waals surface area contributed by atoms with Crippen LogP contribution in [0.1, 0.15) is 21.5 Å². The number of hydrogen-bond acceptors (Lipinski definition) is 2. The fourth-order valence-corrected chi connectivity index (χ4v) is 2.12. The Labute approximate surface area is 120 Å². The Balaban J connectivity index is 2.08. The third-order valence-electron chi connectivity index (χ3n) is 2.91. The van der Waals surface area contributed by atoms with Crippen molar-refractivity contribution in [2.75, 3.05) is 0 Å². The first-order chi connectivity index (χ1) is 9.08. The number of aromatic hydroxyl groups is 1. The van der Waals surface area contributed by atoms with Crippen molar-refractivity contribution in [3.05, 3.63) is 63.6 Å². The number of carbonyl (C=O) groups excluding carboxylic acids is 1. The van der Waals surface area contributed by atoms with E-state index in [-0.39, 0.29) is 17.2 Å². The normalized spacial score (nSPS) is 10.2. The number of halogens is 1. The second-order valence-corrected chi connectivity index (χ2v) is 5.19. The molecule has 0 radical (unpaired) electrons. The lowest BCUT2D eigenvalue weighted by molar-refractivity contribution is 0.0948. The van der Waals surface area contributed by atoms with Crippen LogP contribution in [0, 0.1) is 6.92 Å². The van der Waals surface area contributed by atoms with Crippen LogP contribution in [0.2, 0.25) is 0 Å².